The second-order valence-electron chi connectivity index (χ2n) is 21.1. The van der Waals surface area contributed by atoms with Crippen molar-refractivity contribution in [2.24, 2.45) is 62.1 Å². The van der Waals surface area contributed by atoms with Crippen LogP contribution in [0.1, 0.15) is 105 Å². The van der Waals surface area contributed by atoms with E-state index in [4.69, 9.17) is 9.47 Å². The van der Waals surface area contributed by atoms with Crippen LogP contribution in [0.4, 0.5) is 0 Å². The Balaban J connectivity index is 1.22. The number of carboxylic acids is 1. The zero-order chi connectivity index (χ0) is 41.8. The van der Waals surface area contributed by atoms with Crippen molar-refractivity contribution in [2.75, 3.05) is 19.8 Å². The molecule has 324 valence electrons. The molecule has 0 aromatic carbocycles. The fourth-order valence-corrected chi connectivity index (χ4v) is 14.8. The van der Waals surface area contributed by atoms with E-state index in [0.29, 0.717) is 57.8 Å². The number of aliphatic carboxylic acids is 1. The monoisotopic (exact) mass is 813 g/mol. The first kappa shape index (κ1) is 42.3. The highest BCUT2D eigenvalue weighted by atomic mass is 16.7. The van der Waals surface area contributed by atoms with Crippen LogP contribution < -0.4 is 5.32 Å². The predicted octanol–water partition coefficient (Wildman–Crippen LogP) is 2.70. The third kappa shape index (κ3) is 6.04. The molecule has 1 aromatic heterocycles. The van der Waals surface area contributed by atoms with Gasteiger partial charge in [0.05, 0.1) is 37.2 Å². The number of hydrogen-bond acceptors (Lipinski definition) is 11. The molecule has 9 N–H and O–H groups in total. The molecular weight excluding hydrogens is 746 g/mol. The number of aromatic amines is 1. The van der Waals surface area contributed by atoms with Gasteiger partial charge in [0.1, 0.15) is 18.3 Å². The van der Waals surface area contributed by atoms with E-state index in [2.05, 4.69) is 49.1 Å². The summed E-state index contributed by atoms with van der Waals surface area (Å²) >= 11 is 0. The lowest BCUT2D eigenvalue weighted by Crippen LogP contribution is -2.72. The lowest BCUT2D eigenvalue weighted by Gasteiger charge is -2.73. The van der Waals surface area contributed by atoms with Crippen molar-refractivity contribution in [3.63, 3.8) is 0 Å². The van der Waals surface area contributed by atoms with E-state index >= 15 is 0 Å². The van der Waals surface area contributed by atoms with Crippen LogP contribution in [-0.4, -0.2) is 120 Å². The molecule has 6 fully saturated rings. The number of aliphatic hydroxyl groups is 6. The van der Waals surface area contributed by atoms with Crippen molar-refractivity contribution < 1.29 is 54.8 Å². The molecule has 0 spiro atoms. The van der Waals surface area contributed by atoms with Crippen molar-refractivity contribution in [1.29, 1.82) is 0 Å². The summed E-state index contributed by atoms with van der Waals surface area (Å²) in [4.78, 5) is 33.8. The zero-order valence-electron chi connectivity index (χ0n) is 34.8. The van der Waals surface area contributed by atoms with E-state index in [1.54, 1.807) is 12.5 Å². The van der Waals surface area contributed by atoms with E-state index in [-0.39, 0.29) is 78.1 Å². The normalized spacial score (nSPS) is 51.4. The minimum Gasteiger partial charge on any atom is -0.481 e. The molecule has 7 aliphatic rings. The maximum absolute atomic E-state index is 13.3. The predicted molar refractivity (Wildman–Crippen MR) is 209 cm³/mol. The molecule has 0 bridgehead atoms. The molecule has 8 rings (SSSR count). The Kier molecular flexibility index (Phi) is 10.6. The van der Waals surface area contributed by atoms with Gasteiger partial charge in [0, 0.05) is 42.8 Å². The molecule has 5 aliphatic carbocycles. The summed E-state index contributed by atoms with van der Waals surface area (Å²) in [5.74, 6) is -1.81. The van der Waals surface area contributed by atoms with Gasteiger partial charge in [0.25, 0.3) is 0 Å². The Bertz CT molecular complexity index is 1760. The van der Waals surface area contributed by atoms with Gasteiger partial charge in [0.2, 0.25) is 5.91 Å². The quantitative estimate of drug-likeness (QED) is 0.129. The van der Waals surface area contributed by atoms with E-state index in [9.17, 15) is 45.3 Å². The molecule has 2 saturated heterocycles. The van der Waals surface area contributed by atoms with Gasteiger partial charge < -0.3 is 55.5 Å². The first-order valence-electron chi connectivity index (χ1n) is 21.7. The molecule has 4 saturated carbocycles. The minimum absolute atomic E-state index is 0.00581. The number of nitrogens with one attached hydrogen (secondary N) is 2. The van der Waals surface area contributed by atoms with Crippen LogP contribution in [0.3, 0.4) is 0 Å². The van der Waals surface area contributed by atoms with E-state index < -0.39 is 64.9 Å². The van der Waals surface area contributed by atoms with Gasteiger partial charge in [-0.25, -0.2) is 4.98 Å². The zero-order valence-corrected chi connectivity index (χ0v) is 34.8. The number of aromatic nitrogens is 2. The summed E-state index contributed by atoms with van der Waals surface area (Å²) in [7, 11) is 0. The van der Waals surface area contributed by atoms with Gasteiger partial charge >= 0.3 is 5.97 Å². The van der Waals surface area contributed by atoms with Crippen molar-refractivity contribution in [1.82, 2.24) is 15.3 Å². The molecule has 0 radical (unpaired) electrons. The lowest BCUT2D eigenvalue weighted by atomic mass is 9.31. The van der Waals surface area contributed by atoms with Crippen molar-refractivity contribution in [3.8, 4) is 0 Å². The maximum atomic E-state index is 13.3. The van der Waals surface area contributed by atoms with Crippen molar-refractivity contribution in [2.45, 2.75) is 148 Å². The van der Waals surface area contributed by atoms with Gasteiger partial charge in [0.15, 0.2) is 6.29 Å². The third-order valence-corrected chi connectivity index (χ3v) is 18.4. The Hall–Kier alpha value is -2.43. The van der Waals surface area contributed by atoms with Gasteiger partial charge in [-0.1, -0.05) is 46.3 Å². The fraction of sp³-hybridized carbons (Fsp3) is 0.841. The topological polar surface area (TPSA) is 235 Å². The number of amides is 1. The first-order chi connectivity index (χ1) is 27.3. The van der Waals surface area contributed by atoms with Crippen LogP contribution >= 0.6 is 0 Å². The largest absolute Gasteiger partial charge is 0.481 e. The smallest absolute Gasteiger partial charge is 0.310 e. The van der Waals surface area contributed by atoms with Crippen LogP contribution in [0.5, 0.6) is 0 Å². The molecule has 14 nitrogen and oxygen atoms in total. The number of carbonyl (C=O) groups is 2. The summed E-state index contributed by atoms with van der Waals surface area (Å²) in [6.45, 7) is 10.4. The average Bonchev–Trinajstić information content (AvgIpc) is 3.83. The Morgan fingerprint density at radius 1 is 0.966 bits per heavy atom. The standard InChI is InChI=1S/C44H67N3O11/c1-39(20-48)10-12-44(38(55)56)13-11-41(3)25(27(44)17-39)6-7-31-42(41,4)9-8-30-40(2,21-49)36(58-37-35(54)34(53)29(50)19-57-37)33(52)26(43(30,31)5)14-23-15-32(51)47-28(23)16-24-18-45-22-46-24/h6,18,22-23,26-31,33-37,48-50,52-54H,7-17,19-21H2,1-5H3,(H,45,46)(H,47,51)(H,55,56)/t23-,26+,27-,28+,29+,30+,31-,33+,34-,35+,36+,37-,39-,40-,41+,42+,43-,44-/m0/s1. The third-order valence-electron chi connectivity index (χ3n) is 18.4. The lowest BCUT2D eigenvalue weighted by molar-refractivity contribution is -0.340. The number of imidazole rings is 1. The highest BCUT2D eigenvalue weighted by Crippen LogP contribution is 2.77. The van der Waals surface area contributed by atoms with Crippen LogP contribution in [0.25, 0.3) is 0 Å². The molecule has 14 heteroatoms. The first-order valence-corrected chi connectivity index (χ1v) is 21.7. The van der Waals surface area contributed by atoms with Crippen molar-refractivity contribution in [3.05, 3.63) is 29.9 Å². The molecule has 3 heterocycles. The van der Waals surface area contributed by atoms with Crippen LogP contribution in [0.15, 0.2) is 24.2 Å². The number of allylic oxidation sites excluding steroid dienone is 2. The Morgan fingerprint density at radius 3 is 2.38 bits per heavy atom. The number of carbonyl (C=O) groups excluding carboxylic acids is 1. The summed E-state index contributed by atoms with van der Waals surface area (Å²) in [6, 6.07) is -0.215. The van der Waals surface area contributed by atoms with E-state index in [1.165, 1.54) is 5.57 Å². The summed E-state index contributed by atoms with van der Waals surface area (Å²) in [5, 5.41) is 81.0. The number of hydrogen-bond donors (Lipinski definition) is 9. The fourth-order valence-electron chi connectivity index (χ4n) is 14.8. The van der Waals surface area contributed by atoms with Gasteiger partial charge in [-0.05, 0) is 109 Å². The number of carboxylic acid groups (broad SMARTS) is 1. The SMILES string of the molecule is C[C@]1(CO)CC[C@]2(C(=O)O)CC[C@]3(C)C(=CC[C@@H]4[C@@]5(C)[C@H](C[C@H]6CC(=O)N[C@@H]6Cc6cnc[nH]6)[C@@H](O)[C@@H](O[C@@H]6OC[C@@H](O)[C@H](O)[C@H]6O)[C@@](C)(CO)[C@H]5CC[C@]43C)[C@@H]2C1. The van der Waals surface area contributed by atoms with E-state index in [0.717, 1.165) is 12.1 Å². The van der Waals surface area contributed by atoms with Gasteiger partial charge in [-0.15, -0.1) is 0 Å². The number of rotatable bonds is 9. The molecule has 58 heavy (non-hydrogen) atoms. The molecule has 0 unspecified atom stereocenters. The van der Waals surface area contributed by atoms with Gasteiger partial charge in [-0.2, -0.15) is 0 Å². The number of aliphatic hydroxyl groups excluding tert-OH is 6. The Labute approximate surface area is 341 Å². The molecule has 2 aliphatic heterocycles. The number of nitrogens with zero attached hydrogens (tertiary/aromatic N) is 1. The average molecular weight is 814 g/mol. The molecule has 18 atom stereocenters. The number of H-pyrrole nitrogens is 1. The minimum atomic E-state index is -1.59. The number of ether oxygens (including phenoxy) is 2. The van der Waals surface area contributed by atoms with Crippen LogP contribution in [0.2, 0.25) is 0 Å². The summed E-state index contributed by atoms with van der Waals surface area (Å²) in [5.41, 5.74) is -1.50. The molecule has 1 aromatic rings. The van der Waals surface area contributed by atoms with Crippen molar-refractivity contribution >= 4 is 11.9 Å². The summed E-state index contributed by atoms with van der Waals surface area (Å²) < 4.78 is 12.3. The second-order valence-corrected chi connectivity index (χ2v) is 21.1. The maximum Gasteiger partial charge on any atom is 0.310 e. The highest BCUT2D eigenvalue weighted by Gasteiger charge is 2.73. The summed E-state index contributed by atoms with van der Waals surface area (Å²) in [6.07, 6.45) is 4.21. The highest BCUT2D eigenvalue weighted by molar-refractivity contribution is 5.79. The number of fused-ring (bicyclic) bond motifs is 7. The van der Waals surface area contributed by atoms with E-state index in [1.807, 2.05) is 6.92 Å². The second kappa shape index (κ2) is 14.6. The van der Waals surface area contributed by atoms with Gasteiger partial charge in [-0.3, -0.25) is 9.59 Å². The van der Waals surface area contributed by atoms with Crippen LogP contribution in [-0.2, 0) is 25.5 Å². The van der Waals surface area contributed by atoms with Crippen LogP contribution in [0, 0.1) is 62.1 Å². The molecule has 1 amide bonds. The Morgan fingerprint density at radius 2 is 1.71 bits per heavy atom. The molecular formula is C44H67N3O11.